The second kappa shape index (κ2) is 3.35. The Hall–Kier alpha value is -0.900. The van der Waals surface area contributed by atoms with Gasteiger partial charge in [-0.15, -0.1) is 0 Å². The Kier molecular flexibility index (Phi) is 2.31. The van der Waals surface area contributed by atoms with Crippen LogP contribution in [0.3, 0.4) is 0 Å². The van der Waals surface area contributed by atoms with E-state index in [0.717, 1.165) is 19.4 Å². The van der Waals surface area contributed by atoms with Gasteiger partial charge in [-0.25, -0.2) is 0 Å². The van der Waals surface area contributed by atoms with Crippen LogP contribution in [0.4, 0.5) is 0 Å². The molecule has 2 fully saturated rings. The molecule has 0 spiro atoms. The van der Waals surface area contributed by atoms with Crippen molar-refractivity contribution in [1.82, 2.24) is 4.90 Å². The number of ketones is 1. The maximum Gasteiger partial charge on any atom is 0.315 e. The minimum Gasteiger partial charge on any atom is -0.481 e. The molecule has 14 heavy (non-hydrogen) atoms. The van der Waals surface area contributed by atoms with E-state index in [1.807, 2.05) is 6.92 Å². The summed E-state index contributed by atoms with van der Waals surface area (Å²) in [5.74, 6) is -1.79. The van der Waals surface area contributed by atoms with Crippen molar-refractivity contribution in [3.8, 4) is 0 Å². The van der Waals surface area contributed by atoms with Crippen molar-refractivity contribution in [2.45, 2.75) is 38.3 Å². The van der Waals surface area contributed by atoms with Crippen LogP contribution in [0.2, 0.25) is 0 Å². The molecule has 0 aliphatic carbocycles. The molecule has 4 heteroatoms. The molecular formula is C10H15NO3. The van der Waals surface area contributed by atoms with Crippen LogP contribution in [0.15, 0.2) is 0 Å². The third kappa shape index (κ3) is 1.25. The van der Waals surface area contributed by atoms with E-state index in [4.69, 9.17) is 5.11 Å². The summed E-state index contributed by atoms with van der Waals surface area (Å²) < 4.78 is 0. The van der Waals surface area contributed by atoms with E-state index in [0.29, 0.717) is 12.5 Å². The van der Waals surface area contributed by atoms with E-state index >= 15 is 0 Å². The zero-order valence-corrected chi connectivity index (χ0v) is 8.27. The molecule has 2 heterocycles. The Balaban J connectivity index is 2.25. The number of carboxylic acid groups (broad SMARTS) is 1. The molecule has 78 valence electrons. The van der Waals surface area contributed by atoms with Gasteiger partial charge in [0.2, 0.25) is 0 Å². The highest BCUT2D eigenvalue weighted by atomic mass is 16.4. The highest BCUT2D eigenvalue weighted by Crippen LogP contribution is 2.37. The Labute approximate surface area is 82.9 Å². The maximum atomic E-state index is 11.6. The molecule has 2 aliphatic rings. The zero-order valence-electron chi connectivity index (χ0n) is 8.27. The van der Waals surface area contributed by atoms with Gasteiger partial charge in [0.05, 0.1) is 0 Å². The summed E-state index contributed by atoms with van der Waals surface area (Å²) in [5, 5.41) is 8.99. The highest BCUT2D eigenvalue weighted by Gasteiger charge is 2.49. The van der Waals surface area contributed by atoms with E-state index in [2.05, 4.69) is 4.90 Å². The Morgan fingerprint density at radius 1 is 1.57 bits per heavy atom. The van der Waals surface area contributed by atoms with Gasteiger partial charge in [0.25, 0.3) is 0 Å². The summed E-state index contributed by atoms with van der Waals surface area (Å²) >= 11 is 0. The van der Waals surface area contributed by atoms with Gasteiger partial charge in [-0.1, -0.05) is 6.92 Å². The number of hydrogen-bond donors (Lipinski definition) is 1. The van der Waals surface area contributed by atoms with Gasteiger partial charge in [-0.3, -0.25) is 14.5 Å². The first kappa shape index (κ1) is 9.65. The molecular weight excluding hydrogens is 182 g/mol. The SMILES string of the molecule is CCN1[C@H]2CC[C@@H]1C(C(=O)O)C(=O)C2. The third-order valence-electron chi connectivity index (χ3n) is 3.49. The van der Waals surface area contributed by atoms with Crippen LogP contribution < -0.4 is 0 Å². The lowest BCUT2D eigenvalue weighted by Gasteiger charge is -2.36. The summed E-state index contributed by atoms with van der Waals surface area (Å²) in [4.78, 5) is 24.7. The van der Waals surface area contributed by atoms with Gasteiger partial charge in [0.1, 0.15) is 11.7 Å². The Bertz CT molecular complexity index is 277. The topological polar surface area (TPSA) is 57.6 Å². The molecule has 2 bridgehead atoms. The minimum absolute atomic E-state index is 0.0382. The minimum atomic E-state index is -0.946. The number of fused-ring (bicyclic) bond motifs is 2. The Morgan fingerprint density at radius 2 is 2.29 bits per heavy atom. The van der Waals surface area contributed by atoms with Crippen LogP contribution >= 0.6 is 0 Å². The number of carbonyl (C=O) groups is 2. The lowest BCUT2D eigenvalue weighted by Crippen LogP contribution is -2.51. The largest absolute Gasteiger partial charge is 0.481 e. The number of carboxylic acids is 1. The molecule has 2 saturated heterocycles. The first-order chi connectivity index (χ1) is 6.65. The molecule has 1 N–H and O–H groups in total. The van der Waals surface area contributed by atoms with Crippen molar-refractivity contribution >= 4 is 11.8 Å². The van der Waals surface area contributed by atoms with Crippen LogP contribution in [0, 0.1) is 5.92 Å². The van der Waals surface area contributed by atoms with Crippen molar-refractivity contribution in [1.29, 1.82) is 0 Å². The fourth-order valence-electron chi connectivity index (χ4n) is 2.91. The predicted molar refractivity (Wildman–Crippen MR) is 49.9 cm³/mol. The smallest absolute Gasteiger partial charge is 0.315 e. The first-order valence-electron chi connectivity index (χ1n) is 5.16. The van der Waals surface area contributed by atoms with Crippen LogP contribution in [-0.2, 0) is 9.59 Å². The predicted octanol–water partition coefficient (Wildman–Crippen LogP) is 0.513. The van der Waals surface area contributed by atoms with Gasteiger partial charge in [-0.05, 0) is 19.4 Å². The van der Waals surface area contributed by atoms with Gasteiger partial charge < -0.3 is 5.11 Å². The third-order valence-corrected chi connectivity index (χ3v) is 3.49. The number of rotatable bonds is 2. The highest BCUT2D eigenvalue weighted by molar-refractivity contribution is 6.00. The van der Waals surface area contributed by atoms with Crippen LogP contribution in [-0.4, -0.2) is 40.4 Å². The quantitative estimate of drug-likeness (QED) is 0.655. The molecule has 0 aromatic heterocycles. The molecule has 0 amide bonds. The van der Waals surface area contributed by atoms with Crippen LogP contribution in [0.5, 0.6) is 0 Å². The summed E-state index contributed by atoms with van der Waals surface area (Å²) in [7, 11) is 0. The lowest BCUT2D eigenvalue weighted by atomic mass is 9.89. The number of aliphatic carboxylic acids is 1. The molecule has 0 aromatic rings. The van der Waals surface area contributed by atoms with Crippen molar-refractivity contribution in [3.05, 3.63) is 0 Å². The van der Waals surface area contributed by atoms with Gasteiger partial charge in [-0.2, -0.15) is 0 Å². The van der Waals surface area contributed by atoms with Crippen LogP contribution in [0.1, 0.15) is 26.2 Å². The monoisotopic (exact) mass is 197 g/mol. The second-order valence-electron chi connectivity index (χ2n) is 4.12. The molecule has 2 rings (SSSR count). The lowest BCUT2D eigenvalue weighted by molar-refractivity contribution is -0.151. The van der Waals surface area contributed by atoms with Crippen LogP contribution in [0.25, 0.3) is 0 Å². The van der Waals surface area contributed by atoms with Crippen molar-refractivity contribution in [3.63, 3.8) is 0 Å². The van der Waals surface area contributed by atoms with Gasteiger partial charge in [0.15, 0.2) is 0 Å². The fourth-order valence-corrected chi connectivity index (χ4v) is 2.91. The molecule has 4 nitrogen and oxygen atoms in total. The molecule has 0 radical (unpaired) electrons. The average Bonchev–Trinajstić information content (AvgIpc) is 2.40. The molecule has 3 atom stereocenters. The average molecular weight is 197 g/mol. The number of carbonyl (C=O) groups excluding carboxylic acids is 1. The molecule has 2 aliphatic heterocycles. The first-order valence-corrected chi connectivity index (χ1v) is 5.16. The van der Waals surface area contributed by atoms with Gasteiger partial charge >= 0.3 is 5.97 Å². The number of Topliss-reactive ketones (excluding diaryl/α,β-unsaturated/α-hetero) is 1. The van der Waals surface area contributed by atoms with E-state index in [1.54, 1.807) is 0 Å². The van der Waals surface area contributed by atoms with E-state index in [-0.39, 0.29) is 11.8 Å². The van der Waals surface area contributed by atoms with E-state index in [9.17, 15) is 9.59 Å². The second-order valence-corrected chi connectivity index (χ2v) is 4.12. The summed E-state index contributed by atoms with van der Waals surface area (Å²) in [6.45, 7) is 2.88. The summed E-state index contributed by atoms with van der Waals surface area (Å²) in [6, 6.07) is 0.275. The molecule has 0 saturated carbocycles. The van der Waals surface area contributed by atoms with Crippen molar-refractivity contribution < 1.29 is 14.7 Å². The molecule has 1 unspecified atom stereocenters. The van der Waals surface area contributed by atoms with Crippen molar-refractivity contribution in [2.24, 2.45) is 5.92 Å². The Morgan fingerprint density at radius 3 is 2.86 bits per heavy atom. The van der Waals surface area contributed by atoms with E-state index < -0.39 is 11.9 Å². The van der Waals surface area contributed by atoms with Gasteiger partial charge in [0, 0.05) is 18.5 Å². The number of hydrogen-bond acceptors (Lipinski definition) is 3. The zero-order chi connectivity index (χ0) is 10.3. The fraction of sp³-hybridized carbons (Fsp3) is 0.800. The normalized spacial score (nSPS) is 37.5. The number of piperidine rings is 1. The summed E-state index contributed by atoms with van der Waals surface area (Å²) in [6.07, 6.45) is 2.27. The summed E-state index contributed by atoms with van der Waals surface area (Å²) in [5.41, 5.74) is 0. The molecule has 0 aromatic carbocycles. The van der Waals surface area contributed by atoms with Crippen molar-refractivity contribution in [2.75, 3.05) is 6.54 Å². The maximum absolute atomic E-state index is 11.6. The van der Waals surface area contributed by atoms with E-state index in [1.165, 1.54) is 0 Å². The standard InChI is InChI=1S/C10H15NO3/c1-2-11-6-3-4-7(11)9(10(13)14)8(12)5-6/h6-7,9H,2-5H2,1H3,(H,13,14)/t6-,7+,9?/m0/s1. The number of nitrogens with zero attached hydrogens (tertiary/aromatic N) is 1.